The molecule has 1 aromatic rings. The van der Waals surface area contributed by atoms with Crippen LogP contribution in [0.4, 0.5) is 17.6 Å². The highest BCUT2D eigenvalue weighted by molar-refractivity contribution is 5.30. The van der Waals surface area contributed by atoms with Crippen LogP contribution in [0, 0.1) is 11.8 Å². The molecular formula is C23H30F4O2. The summed E-state index contributed by atoms with van der Waals surface area (Å²) in [5.41, 5.74) is 1.08. The van der Waals surface area contributed by atoms with Crippen LogP contribution in [-0.2, 0) is 4.74 Å². The maximum Gasteiger partial charge on any atom is 0.425 e. The van der Waals surface area contributed by atoms with Crippen LogP contribution in [0.1, 0.15) is 69.8 Å². The lowest BCUT2D eigenvalue weighted by Crippen LogP contribution is -2.33. The van der Waals surface area contributed by atoms with Crippen molar-refractivity contribution in [2.75, 3.05) is 6.61 Å². The van der Waals surface area contributed by atoms with Crippen molar-refractivity contribution in [3.63, 3.8) is 0 Å². The summed E-state index contributed by atoms with van der Waals surface area (Å²) in [6.45, 7) is 3.12. The number of benzene rings is 1. The number of halogens is 4. The van der Waals surface area contributed by atoms with E-state index in [2.05, 4.69) is 11.7 Å². The van der Waals surface area contributed by atoms with E-state index in [1.54, 1.807) is 12.1 Å². The highest BCUT2D eigenvalue weighted by Gasteiger charge is 2.33. The summed E-state index contributed by atoms with van der Waals surface area (Å²) in [4.78, 5) is 0. The first-order valence-corrected chi connectivity index (χ1v) is 10.7. The Hall–Kier alpha value is -1.56. The fourth-order valence-electron chi connectivity index (χ4n) is 4.78. The summed E-state index contributed by atoms with van der Waals surface area (Å²) < 4.78 is 61.3. The number of ether oxygens (including phenoxy) is 2. The minimum atomic E-state index is -4.02. The number of hydrogen-bond acceptors (Lipinski definition) is 2. The third kappa shape index (κ3) is 6.46. The lowest BCUT2D eigenvalue weighted by atomic mass is 9.75. The summed E-state index contributed by atoms with van der Waals surface area (Å²) in [5, 5.41) is 0. The Morgan fingerprint density at radius 3 is 2.31 bits per heavy atom. The van der Waals surface area contributed by atoms with Crippen molar-refractivity contribution in [3.05, 3.63) is 42.0 Å². The topological polar surface area (TPSA) is 18.5 Å². The van der Waals surface area contributed by atoms with Crippen molar-refractivity contribution in [2.24, 2.45) is 11.8 Å². The number of hydrogen-bond donors (Lipinski definition) is 0. The Morgan fingerprint density at radius 1 is 1.07 bits per heavy atom. The van der Waals surface area contributed by atoms with Crippen LogP contribution in [0.5, 0.6) is 5.75 Å². The van der Waals surface area contributed by atoms with E-state index in [-0.39, 0.29) is 5.75 Å². The van der Waals surface area contributed by atoms with Crippen molar-refractivity contribution in [3.8, 4) is 5.75 Å². The molecule has 0 amide bonds. The molecule has 0 bridgehead atoms. The predicted octanol–water partition coefficient (Wildman–Crippen LogP) is 7.31. The van der Waals surface area contributed by atoms with E-state index in [0.717, 1.165) is 50.2 Å². The molecule has 2 aliphatic rings. The largest absolute Gasteiger partial charge is 0.429 e. The summed E-state index contributed by atoms with van der Waals surface area (Å²) in [6, 6.07) is 6.38. The Labute approximate surface area is 170 Å². The maximum atomic E-state index is 13.3. The molecule has 2 unspecified atom stereocenters. The van der Waals surface area contributed by atoms with Gasteiger partial charge < -0.3 is 9.47 Å². The van der Waals surface area contributed by atoms with Crippen molar-refractivity contribution in [2.45, 2.75) is 76.4 Å². The van der Waals surface area contributed by atoms with Crippen LogP contribution >= 0.6 is 0 Å². The van der Waals surface area contributed by atoms with E-state index in [1.165, 1.54) is 31.4 Å². The molecule has 162 valence electrons. The van der Waals surface area contributed by atoms with E-state index >= 15 is 0 Å². The van der Waals surface area contributed by atoms with Gasteiger partial charge in [-0.3, -0.25) is 0 Å². The number of rotatable bonds is 7. The van der Waals surface area contributed by atoms with Crippen molar-refractivity contribution < 1.29 is 27.0 Å². The third-order valence-electron chi connectivity index (χ3n) is 6.28. The van der Waals surface area contributed by atoms with Crippen LogP contribution in [0.2, 0.25) is 0 Å². The number of alkyl halides is 2. The molecule has 1 heterocycles. The van der Waals surface area contributed by atoms with Crippen molar-refractivity contribution in [1.29, 1.82) is 0 Å². The van der Waals surface area contributed by atoms with E-state index in [1.807, 2.05) is 0 Å². The Morgan fingerprint density at radius 2 is 1.76 bits per heavy atom. The predicted molar refractivity (Wildman–Crippen MR) is 104 cm³/mol. The fraction of sp³-hybridized carbons (Fsp3) is 0.652. The molecule has 2 fully saturated rings. The normalized spacial score (nSPS) is 28.0. The Kier molecular flexibility index (Phi) is 7.60. The molecule has 3 rings (SSSR count). The van der Waals surface area contributed by atoms with Gasteiger partial charge in [-0.15, -0.1) is 0 Å². The quantitative estimate of drug-likeness (QED) is 0.436. The first-order chi connectivity index (χ1) is 13.9. The van der Waals surface area contributed by atoms with Gasteiger partial charge in [0.05, 0.1) is 12.2 Å². The molecule has 1 saturated heterocycles. The van der Waals surface area contributed by atoms with Crippen molar-refractivity contribution >= 4 is 0 Å². The van der Waals surface area contributed by atoms with Gasteiger partial charge in [0, 0.05) is 6.61 Å². The monoisotopic (exact) mass is 414 g/mol. The average molecular weight is 414 g/mol. The van der Waals surface area contributed by atoms with E-state index in [0.29, 0.717) is 17.9 Å². The van der Waals surface area contributed by atoms with Gasteiger partial charge in [-0.2, -0.15) is 17.6 Å². The smallest absolute Gasteiger partial charge is 0.425 e. The Bertz CT molecular complexity index is 654. The first kappa shape index (κ1) is 22.1. The van der Waals surface area contributed by atoms with E-state index in [4.69, 9.17) is 4.74 Å². The Balaban J connectivity index is 1.48. The van der Waals surface area contributed by atoms with E-state index < -0.39 is 18.3 Å². The van der Waals surface area contributed by atoms with E-state index in [9.17, 15) is 17.6 Å². The van der Waals surface area contributed by atoms with Crippen LogP contribution < -0.4 is 4.74 Å². The lowest BCUT2D eigenvalue weighted by molar-refractivity contribution is -0.133. The minimum absolute atomic E-state index is 0.123. The molecule has 1 aliphatic carbocycles. The van der Waals surface area contributed by atoms with Gasteiger partial charge >= 0.3 is 6.11 Å². The van der Waals surface area contributed by atoms with Crippen molar-refractivity contribution in [1.82, 2.24) is 0 Å². The van der Waals surface area contributed by atoms with Gasteiger partial charge in [0.2, 0.25) is 0 Å². The highest BCUT2D eigenvalue weighted by Crippen LogP contribution is 2.40. The molecule has 0 radical (unpaired) electrons. The summed E-state index contributed by atoms with van der Waals surface area (Å²) in [7, 11) is 0. The van der Waals surface area contributed by atoms with Crippen LogP contribution in [0.3, 0.4) is 0 Å². The molecule has 0 spiro atoms. The SMILES string of the molecule is CCCC1CCC(C2CCC(c3ccc(OC(F)(F)C=C(F)F)cc3)CC2)OC1. The lowest BCUT2D eigenvalue weighted by Gasteiger charge is -2.38. The van der Waals surface area contributed by atoms with Gasteiger partial charge in [0.1, 0.15) is 5.75 Å². The standard InChI is InChI=1S/C23H30F4O2/c1-2-3-16-4-13-21(28-15-16)19-7-5-17(6-8-19)18-9-11-20(12-10-18)29-23(26,27)14-22(24)25/h9-12,14,16-17,19,21H,2-8,13,15H2,1H3. The molecule has 6 heteroatoms. The van der Waals surface area contributed by atoms with Gasteiger partial charge in [-0.05, 0) is 80.4 Å². The van der Waals surface area contributed by atoms with Crippen LogP contribution in [0.15, 0.2) is 36.4 Å². The molecular weight excluding hydrogens is 384 g/mol. The molecule has 2 atom stereocenters. The fourth-order valence-corrected chi connectivity index (χ4v) is 4.78. The second kappa shape index (κ2) is 9.96. The highest BCUT2D eigenvalue weighted by atomic mass is 19.3. The molecule has 0 N–H and O–H groups in total. The molecule has 29 heavy (non-hydrogen) atoms. The third-order valence-corrected chi connectivity index (χ3v) is 6.28. The minimum Gasteiger partial charge on any atom is -0.429 e. The maximum absolute atomic E-state index is 13.3. The first-order valence-electron chi connectivity index (χ1n) is 10.7. The van der Waals surface area contributed by atoms with Gasteiger partial charge in [0.15, 0.2) is 0 Å². The zero-order chi connectivity index (χ0) is 20.9. The van der Waals surface area contributed by atoms with Crippen LogP contribution in [-0.4, -0.2) is 18.8 Å². The summed E-state index contributed by atoms with van der Waals surface area (Å²) in [6.07, 6.45) is 2.64. The zero-order valence-electron chi connectivity index (χ0n) is 16.9. The molecule has 1 aromatic carbocycles. The van der Waals surface area contributed by atoms with Gasteiger partial charge in [0.25, 0.3) is 6.08 Å². The summed E-state index contributed by atoms with van der Waals surface area (Å²) in [5.74, 6) is 1.60. The second-order valence-electron chi connectivity index (χ2n) is 8.38. The summed E-state index contributed by atoms with van der Waals surface area (Å²) >= 11 is 0. The molecule has 0 aromatic heterocycles. The van der Waals surface area contributed by atoms with Crippen LogP contribution in [0.25, 0.3) is 0 Å². The second-order valence-corrected chi connectivity index (χ2v) is 8.38. The molecule has 1 saturated carbocycles. The average Bonchev–Trinajstić information content (AvgIpc) is 2.68. The molecule has 1 aliphatic heterocycles. The zero-order valence-corrected chi connectivity index (χ0v) is 16.9. The van der Waals surface area contributed by atoms with Gasteiger partial charge in [-0.25, -0.2) is 0 Å². The molecule has 2 nitrogen and oxygen atoms in total. The van der Waals surface area contributed by atoms with Gasteiger partial charge in [-0.1, -0.05) is 25.5 Å².